The Kier molecular flexibility index (Phi) is 4.57. The van der Waals surface area contributed by atoms with Crippen molar-refractivity contribution in [3.8, 4) is 0 Å². The largest absolute Gasteiger partial charge is 0.480 e. The first-order chi connectivity index (χ1) is 7.24. The topological polar surface area (TPSA) is 50.2 Å². The fraction of sp³-hybridized carbons (Fsp3) is 0.0909. The van der Waals surface area contributed by atoms with Gasteiger partial charge in [-0.2, -0.15) is 0 Å². The average molecular weight is 224 g/mol. The zero-order valence-corrected chi connectivity index (χ0v) is 8.69. The highest BCUT2D eigenvalue weighted by molar-refractivity contribution is 6.26. The maximum Gasteiger partial charge on any atom is 0.318 e. The van der Waals surface area contributed by atoms with Crippen LogP contribution in [-0.2, 0) is 4.79 Å². The number of carboxylic acids is 1. The summed E-state index contributed by atoms with van der Waals surface area (Å²) in [5, 5.41) is 8.79. The standard InChI is InChI=1S/C9H7N.C2H3ClO2/c1-2-6-9-8(4-1)5-3-7-10-9;3-1-2(4)5/h1-7H;1H2,(H,4,5). The Morgan fingerprint density at radius 3 is 2.47 bits per heavy atom. The quantitative estimate of drug-likeness (QED) is 0.756. The molecule has 0 aliphatic carbocycles. The van der Waals surface area contributed by atoms with Gasteiger partial charge in [0.15, 0.2) is 0 Å². The fourth-order valence-corrected chi connectivity index (χ4v) is 1.02. The highest BCUT2D eigenvalue weighted by atomic mass is 35.5. The van der Waals surface area contributed by atoms with E-state index >= 15 is 0 Å². The number of nitrogens with zero attached hydrogens (tertiary/aromatic N) is 1. The summed E-state index contributed by atoms with van der Waals surface area (Å²) in [6.45, 7) is 0. The van der Waals surface area contributed by atoms with E-state index in [2.05, 4.69) is 17.1 Å². The molecule has 1 heterocycles. The number of hydrogen-bond donors (Lipinski definition) is 1. The van der Waals surface area contributed by atoms with Crippen molar-refractivity contribution >= 4 is 28.5 Å². The van der Waals surface area contributed by atoms with Crippen molar-refractivity contribution in [1.82, 2.24) is 4.98 Å². The molecule has 0 aliphatic heterocycles. The maximum absolute atomic E-state index is 9.24. The van der Waals surface area contributed by atoms with Gasteiger partial charge in [0.05, 0.1) is 5.52 Å². The lowest BCUT2D eigenvalue weighted by Crippen LogP contribution is -1.92. The van der Waals surface area contributed by atoms with E-state index in [9.17, 15) is 4.79 Å². The number of rotatable bonds is 1. The molecule has 0 spiro atoms. The Morgan fingerprint density at radius 1 is 1.27 bits per heavy atom. The third kappa shape index (κ3) is 3.95. The van der Waals surface area contributed by atoms with E-state index in [1.54, 1.807) is 0 Å². The van der Waals surface area contributed by atoms with Crippen LogP contribution in [0, 0.1) is 0 Å². The zero-order valence-electron chi connectivity index (χ0n) is 7.93. The minimum absolute atomic E-state index is 0.306. The summed E-state index contributed by atoms with van der Waals surface area (Å²) in [5.74, 6) is -1.29. The van der Waals surface area contributed by atoms with Gasteiger partial charge >= 0.3 is 5.97 Å². The molecule has 0 fully saturated rings. The summed E-state index contributed by atoms with van der Waals surface area (Å²) >= 11 is 4.74. The first kappa shape index (κ1) is 11.5. The summed E-state index contributed by atoms with van der Waals surface area (Å²) in [6.07, 6.45) is 1.81. The molecule has 0 aliphatic rings. The maximum atomic E-state index is 9.24. The number of pyridine rings is 1. The van der Waals surface area contributed by atoms with E-state index in [1.807, 2.05) is 30.5 Å². The number of alkyl halides is 1. The van der Waals surface area contributed by atoms with Crippen LogP contribution in [0.15, 0.2) is 42.6 Å². The smallest absolute Gasteiger partial charge is 0.318 e. The summed E-state index contributed by atoms with van der Waals surface area (Å²) in [7, 11) is 0. The van der Waals surface area contributed by atoms with Crippen LogP contribution in [0.3, 0.4) is 0 Å². The van der Waals surface area contributed by atoms with Crippen LogP contribution in [-0.4, -0.2) is 21.9 Å². The number of benzene rings is 1. The van der Waals surface area contributed by atoms with Crippen LogP contribution in [0.5, 0.6) is 0 Å². The van der Waals surface area contributed by atoms with E-state index in [4.69, 9.17) is 16.7 Å². The van der Waals surface area contributed by atoms with Gasteiger partial charge in [-0.25, -0.2) is 0 Å². The molecular weight excluding hydrogens is 214 g/mol. The monoisotopic (exact) mass is 223 g/mol. The number of hydrogen-bond acceptors (Lipinski definition) is 2. The molecule has 0 amide bonds. The van der Waals surface area contributed by atoms with Gasteiger partial charge in [0.2, 0.25) is 0 Å². The summed E-state index contributed by atoms with van der Waals surface area (Å²) < 4.78 is 0. The van der Waals surface area contributed by atoms with Gasteiger partial charge in [-0.3, -0.25) is 9.78 Å². The van der Waals surface area contributed by atoms with E-state index in [1.165, 1.54) is 5.39 Å². The van der Waals surface area contributed by atoms with Crippen molar-refractivity contribution < 1.29 is 9.90 Å². The Bertz CT molecular complexity index is 380. The Morgan fingerprint density at radius 2 is 1.87 bits per heavy atom. The number of carbonyl (C=O) groups is 1. The van der Waals surface area contributed by atoms with Gasteiger partial charge in [-0.1, -0.05) is 24.3 Å². The van der Waals surface area contributed by atoms with Crippen LogP contribution in [0.1, 0.15) is 0 Å². The zero-order chi connectivity index (χ0) is 11.1. The number of aromatic nitrogens is 1. The molecule has 0 unspecified atom stereocenters. The highest BCUT2D eigenvalue weighted by Crippen LogP contribution is 2.07. The molecule has 1 aromatic heterocycles. The molecule has 78 valence electrons. The molecule has 0 saturated carbocycles. The predicted octanol–water partition coefficient (Wildman–Crippen LogP) is 2.54. The van der Waals surface area contributed by atoms with Crippen molar-refractivity contribution in [2.24, 2.45) is 0 Å². The number of para-hydroxylation sites is 1. The van der Waals surface area contributed by atoms with Crippen LogP contribution in [0.2, 0.25) is 0 Å². The molecule has 0 radical (unpaired) electrons. The molecule has 1 aromatic carbocycles. The second-order valence-corrected chi connectivity index (χ2v) is 2.99. The average Bonchev–Trinajstić information content (AvgIpc) is 2.30. The van der Waals surface area contributed by atoms with Crippen molar-refractivity contribution in [3.63, 3.8) is 0 Å². The lowest BCUT2D eigenvalue weighted by molar-refractivity contribution is -0.134. The van der Waals surface area contributed by atoms with Gasteiger partial charge in [0, 0.05) is 11.6 Å². The Labute approximate surface area is 92.3 Å². The first-order valence-corrected chi connectivity index (χ1v) is 4.85. The van der Waals surface area contributed by atoms with E-state index in [0.717, 1.165) is 5.52 Å². The molecule has 2 aromatic rings. The minimum atomic E-state index is -0.980. The second-order valence-electron chi connectivity index (χ2n) is 2.72. The van der Waals surface area contributed by atoms with Crippen molar-refractivity contribution in [3.05, 3.63) is 42.6 Å². The Hall–Kier alpha value is -1.61. The van der Waals surface area contributed by atoms with Crippen molar-refractivity contribution in [2.75, 3.05) is 5.88 Å². The molecule has 15 heavy (non-hydrogen) atoms. The third-order valence-corrected chi connectivity index (χ3v) is 1.86. The number of aliphatic carboxylic acids is 1. The van der Waals surface area contributed by atoms with Gasteiger partial charge in [-0.05, 0) is 12.1 Å². The SMILES string of the molecule is O=C(O)CCl.c1ccc2ncccc2c1. The van der Waals surface area contributed by atoms with Crippen molar-refractivity contribution in [1.29, 1.82) is 0 Å². The van der Waals surface area contributed by atoms with Gasteiger partial charge in [0.1, 0.15) is 5.88 Å². The molecule has 0 atom stereocenters. The van der Waals surface area contributed by atoms with E-state index in [-0.39, 0.29) is 5.88 Å². The fourth-order valence-electron chi connectivity index (χ4n) is 1.02. The number of fused-ring (bicyclic) bond motifs is 1. The van der Waals surface area contributed by atoms with Crippen LogP contribution >= 0.6 is 11.6 Å². The molecule has 0 bridgehead atoms. The molecule has 3 nitrogen and oxygen atoms in total. The van der Waals surface area contributed by atoms with Crippen LogP contribution in [0.4, 0.5) is 0 Å². The van der Waals surface area contributed by atoms with E-state index < -0.39 is 5.97 Å². The second kappa shape index (κ2) is 5.98. The Balaban J connectivity index is 0.000000195. The lowest BCUT2D eigenvalue weighted by Gasteiger charge is -1.91. The van der Waals surface area contributed by atoms with Gasteiger partial charge in [-0.15, -0.1) is 11.6 Å². The lowest BCUT2D eigenvalue weighted by atomic mass is 10.2. The molecular formula is C11H10ClNO2. The molecule has 1 N–H and O–H groups in total. The molecule has 0 saturated heterocycles. The number of carboxylic acid groups (broad SMARTS) is 1. The predicted molar refractivity (Wildman–Crippen MR) is 60.1 cm³/mol. The third-order valence-electron chi connectivity index (χ3n) is 1.63. The first-order valence-electron chi connectivity index (χ1n) is 4.31. The minimum Gasteiger partial charge on any atom is -0.480 e. The van der Waals surface area contributed by atoms with Crippen LogP contribution < -0.4 is 0 Å². The summed E-state index contributed by atoms with van der Waals surface area (Å²) in [4.78, 5) is 13.4. The van der Waals surface area contributed by atoms with Crippen molar-refractivity contribution in [2.45, 2.75) is 0 Å². The summed E-state index contributed by atoms with van der Waals surface area (Å²) in [5.41, 5.74) is 1.06. The molecule has 2 rings (SSSR count). The van der Waals surface area contributed by atoms with E-state index in [0.29, 0.717) is 0 Å². The van der Waals surface area contributed by atoms with Gasteiger partial charge < -0.3 is 5.11 Å². The van der Waals surface area contributed by atoms with Crippen LogP contribution in [0.25, 0.3) is 10.9 Å². The normalized spacial score (nSPS) is 9.13. The number of halogens is 1. The summed E-state index contributed by atoms with van der Waals surface area (Å²) in [6, 6.07) is 12.1. The highest BCUT2D eigenvalue weighted by Gasteiger charge is 1.86. The van der Waals surface area contributed by atoms with Gasteiger partial charge in [0.25, 0.3) is 0 Å². The molecule has 4 heteroatoms.